The van der Waals surface area contributed by atoms with Crippen molar-refractivity contribution in [2.24, 2.45) is 0 Å². The summed E-state index contributed by atoms with van der Waals surface area (Å²) < 4.78 is 0. The molecule has 2 fully saturated rings. The number of fused-ring (bicyclic) bond motifs is 1. The summed E-state index contributed by atoms with van der Waals surface area (Å²) in [5.74, 6) is 0.121. The highest BCUT2D eigenvalue weighted by Gasteiger charge is 2.37. The van der Waals surface area contributed by atoms with Gasteiger partial charge in [-0.25, -0.2) is 0 Å². The van der Waals surface area contributed by atoms with Gasteiger partial charge in [-0.1, -0.05) is 0 Å². The fourth-order valence-corrected chi connectivity index (χ4v) is 3.41. The Balaban J connectivity index is 1.82. The van der Waals surface area contributed by atoms with Crippen LogP contribution in [0.25, 0.3) is 0 Å². The average molecular weight is 274 g/mol. The van der Waals surface area contributed by atoms with E-state index < -0.39 is 0 Å². The van der Waals surface area contributed by atoms with Crippen LogP contribution in [0.2, 0.25) is 0 Å². The fraction of sp³-hybridized carbons (Fsp3) is 0.600. The Morgan fingerprint density at radius 1 is 1.45 bits per heavy atom. The topological polar surface area (TPSA) is 48.5 Å². The van der Waals surface area contributed by atoms with Crippen LogP contribution in [0, 0.1) is 0 Å². The Bertz CT molecular complexity index is 504. The summed E-state index contributed by atoms with van der Waals surface area (Å²) in [6.07, 6.45) is 5.87. The standard InChI is InChI=1S/C15H22N4O/c1-11-9-18-7-3-4-12(18)10-19(11)15(20)13-5-6-17-8-14(13)16-2/h5-6,8,11-12,16H,3-4,7,9-10H2,1-2H3. The van der Waals surface area contributed by atoms with E-state index in [0.29, 0.717) is 6.04 Å². The highest BCUT2D eigenvalue weighted by Crippen LogP contribution is 2.26. The molecule has 3 rings (SSSR count). The first-order chi connectivity index (χ1) is 9.70. The Hall–Kier alpha value is -1.62. The van der Waals surface area contributed by atoms with Crippen LogP contribution < -0.4 is 5.32 Å². The van der Waals surface area contributed by atoms with E-state index in [0.717, 1.165) is 24.3 Å². The van der Waals surface area contributed by atoms with E-state index >= 15 is 0 Å². The lowest BCUT2D eigenvalue weighted by Gasteiger charge is -2.42. The maximum Gasteiger partial charge on any atom is 0.256 e. The molecule has 3 heterocycles. The summed E-state index contributed by atoms with van der Waals surface area (Å²) in [6, 6.07) is 2.63. The summed E-state index contributed by atoms with van der Waals surface area (Å²) in [7, 11) is 1.83. The van der Waals surface area contributed by atoms with Crippen molar-refractivity contribution in [2.75, 3.05) is 32.0 Å². The van der Waals surface area contributed by atoms with Crippen molar-refractivity contribution < 1.29 is 4.79 Å². The zero-order chi connectivity index (χ0) is 14.1. The van der Waals surface area contributed by atoms with E-state index in [1.54, 1.807) is 12.4 Å². The first kappa shape index (κ1) is 13.4. The predicted molar refractivity (Wildman–Crippen MR) is 78.9 cm³/mol. The smallest absolute Gasteiger partial charge is 0.256 e. The van der Waals surface area contributed by atoms with Gasteiger partial charge in [0.05, 0.1) is 17.4 Å². The third-order valence-electron chi connectivity index (χ3n) is 4.52. The van der Waals surface area contributed by atoms with E-state index in [2.05, 4.69) is 22.1 Å². The summed E-state index contributed by atoms with van der Waals surface area (Å²) >= 11 is 0. The first-order valence-corrected chi connectivity index (χ1v) is 7.37. The van der Waals surface area contributed by atoms with Gasteiger partial charge in [0.25, 0.3) is 5.91 Å². The van der Waals surface area contributed by atoms with Crippen molar-refractivity contribution in [1.82, 2.24) is 14.8 Å². The largest absolute Gasteiger partial charge is 0.386 e. The molecule has 5 heteroatoms. The van der Waals surface area contributed by atoms with Crippen LogP contribution in [0.1, 0.15) is 30.1 Å². The van der Waals surface area contributed by atoms with Crippen LogP contribution in [0.4, 0.5) is 5.69 Å². The average Bonchev–Trinajstić information content (AvgIpc) is 2.92. The molecular formula is C15H22N4O. The molecule has 1 aromatic heterocycles. The Labute approximate surface area is 120 Å². The van der Waals surface area contributed by atoms with E-state index in [4.69, 9.17) is 0 Å². The van der Waals surface area contributed by atoms with E-state index in [9.17, 15) is 4.79 Å². The SMILES string of the molecule is CNc1cnccc1C(=O)N1CC2CCCN2CC1C. The number of nitrogens with zero attached hydrogens (tertiary/aromatic N) is 3. The Kier molecular flexibility index (Phi) is 3.61. The lowest BCUT2D eigenvalue weighted by molar-refractivity contribution is 0.0396. The van der Waals surface area contributed by atoms with Crippen LogP contribution in [-0.4, -0.2) is 59.5 Å². The lowest BCUT2D eigenvalue weighted by atomic mass is 10.1. The van der Waals surface area contributed by atoms with Gasteiger partial charge in [-0.05, 0) is 32.4 Å². The number of pyridine rings is 1. The molecule has 2 unspecified atom stereocenters. The second kappa shape index (κ2) is 5.40. The maximum absolute atomic E-state index is 12.8. The molecule has 2 atom stereocenters. The normalized spacial score (nSPS) is 26.4. The monoisotopic (exact) mass is 274 g/mol. The molecule has 5 nitrogen and oxygen atoms in total. The van der Waals surface area contributed by atoms with Crippen molar-refractivity contribution in [3.8, 4) is 0 Å². The van der Waals surface area contributed by atoms with Gasteiger partial charge >= 0.3 is 0 Å². The number of piperazine rings is 1. The van der Waals surface area contributed by atoms with Gasteiger partial charge in [0.15, 0.2) is 0 Å². The molecule has 0 radical (unpaired) electrons. The second-order valence-electron chi connectivity index (χ2n) is 5.77. The van der Waals surface area contributed by atoms with Gasteiger partial charge in [-0.3, -0.25) is 14.7 Å². The highest BCUT2D eigenvalue weighted by atomic mass is 16.2. The van der Waals surface area contributed by atoms with Crippen LogP contribution in [0.5, 0.6) is 0 Å². The molecule has 2 aliphatic rings. The first-order valence-electron chi connectivity index (χ1n) is 7.37. The Morgan fingerprint density at radius 3 is 3.10 bits per heavy atom. The third-order valence-corrected chi connectivity index (χ3v) is 4.52. The molecule has 0 aromatic carbocycles. The van der Waals surface area contributed by atoms with E-state index in [1.807, 2.05) is 18.0 Å². The number of nitrogens with one attached hydrogen (secondary N) is 1. The molecular weight excluding hydrogens is 252 g/mol. The zero-order valence-corrected chi connectivity index (χ0v) is 12.2. The van der Waals surface area contributed by atoms with Crippen LogP contribution in [0.15, 0.2) is 18.5 Å². The predicted octanol–water partition coefficient (Wildman–Crippen LogP) is 1.43. The molecule has 2 aliphatic heterocycles. The number of carbonyl (C=O) groups is 1. The van der Waals surface area contributed by atoms with E-state index in [1.165, 1.54) is 19.4 Å². The van der Waals surface area contributed by atoms with Crippen molar-refractivity contribution >= 4 is 11.6 Å². The molecule has 108 valence electrons. The summed E-state index contributed by atoms with van der Waals surface area (Å²) in [5, 5.41) is 3.06. The van der Waals surface area contributed by atoms with Gasteiger partial charge in [0.1, 0.15) is 0 Å². The van der Waals surface area contributed by atoms with E-state index in [-0.39, 0.29) is 11.9 Å². The van der Waals surface area contributed by atoms with Crippen LogP contribution in [0.3, 0.4) is 0 Å². The van der Waals surface area contributed by atoms with Crippen LogP contribution >= 0.6 is 0 Å². The minimum atomic E-state index is 0.121. The summed E-state index contributed by atoms with van der Waals surface area (Å²) in [6.45, 7) is 5.18. The molecule has 1 amide bonds. The quantitative estimate of drug-likeness (QED) is 0.886. The summed E-state index contributed by atoms with van der Waals surface area (Å²) in [5.41, 5.74) is 1.53. The van der Waals surface area contributed by atoms with Crippen LogP contribution in [-0.2, 0) is 0 Å². The molecule has 20 heavy (non-hydrogen) atoms. The third kappa shape index (κ3) is 2.26. The van der Waals surface area contributed by atoms with Crippen molar-refractivity contribution in [1.29, 1.82) is 0 Å². The Morgan fingerprint density at radius 2 is 2.30 bits per heavy atom. The maximum atomic E-state index is 12.8. The minimum Gasteiger partial charge on any atom is -0.386 e. The van der Waals surface area contributed by atoms with Gasteiger partial charge in [0, 0.05) is 38.4 Å². The fourth-order valence-electron chi connectivity index (χ4n) is 3.41. The number of carbonyl (C=O) groups excluding carboxylic acids is 1. The number of hydrogen-bond donors (Lipinski definition) is 1. The number of rotatable bonds is 2. The molecule has 0 aliphatic carbocycles. The molecule has 0 saturated carbocycles. The molecule has 1 N–H and O–H groups in total. The van der Waals surface area contributed by atoms with Gasteiger partial charge in [0.2, 0.25) is 0 Å². The molecule has 2 saturated heterocycles. The number of aromatic nitrogens is 1. The van der Waals surface area contributed by atoms with Crippen molar-refractivity contribution in [3.05, 3.63) is 24.0 Å². The van der Waals surface area contributed by atoms with Crippen molar-refractivity contribution in [2.45, 2.75) is 31.8 Å². The van der Waals surface area contributed by atoms with Gasteiger partial charge in [-0.15, -0.1) is 0 Å². The number of amides is 1. The van der Waals surface area contributed by atoms with Gasteiger partial charge in [-0.2, -0.15) is 0 Å². The number of anilines is 1. The van der Waals surface area contributed by atoms with Gasteiger partial charge < -0.3 is 10.2 Å². The minimum absolute atomic E-state index is 0.121. The molecule has 0 spiro atoms. The molecule has 1 aromatic rings. The number of hydrogen-bond acceptors (Lipinski definition) is 4. The second-order valence-corrected chi connectivity index (χ2v) is 5.77. The zero-order valence-electron chi connectivity index (χ0n) is 12.2. The molecule has 0 bridgehead atoms. The lowest BCUT2D eigenvalue weighted by Crippen LogP contribution is -2.56. The highest BCUT2D eigenvalue weighted by molar-refractivity contribution is 5.99. The summed E-state index contributed by atoms with van der Waals surface area (Å²) in [4.78, 5) is 21.5. The van der Waals surface area contributed by atoms with Crippen molar-refractivity contribution in [3.63, 3.8) is 0 Å².